The summed E-state index contributed by atoms with van der Waals surface area (Å²) >= 11 is 0. The summed E-state index contributed by atoms with van der Waals surface area (Å²) in [5, 5.41) is 2.73. The van der Waals surface area contributed by atoms with Crippen molar-refractivity contribution >= 4 is 11.9 Å². The third-order valence-electron chi connectivity index (χ3n) is 4.35. The highest BCUT2D eigenvalue weighted by atomic mass is 16.6. The van der Waals surface area contributed by atoms with Gasteiger partial charge < -0.3 is 29.0 Å². The summed E-state index contributed by atoms with van der Waals surface area (Å²) in [4.78, 5) is 24.6. The molecule has 0 aromatic heterocycles. The van der Waals surface area contributed by atoms with Crippen molar-refractivity contribution in [2.45, 2.75) is 25.7 Å². The Hall–Kier alpha value is -3.42. The van der Waals surface area contributed by atoms with Gasteiger partial charge in [0, 0.05) is 6.54 Å². The Labute approximate surface area is 168 Å². The van der Waals surface area contributed by atoms with Crippen LogP contribution < -0.4 is 24.3 Å². The second-order valence-electron chi connectivity index (χ2n) is 6.35. The lowest BCUT2D eigenvalue weighted by Crippen LogP contribution is -2.42. The van der Waals surface area contributed by atoms with E-state index in [2.05, 4.69) is 5.32 Å². The number of benzene rings is 2. The summed E-state index contributed by atoms with van der Waals surface area (Å²) in [5.74, 6) is 1.11. The minimum atomic E-state index is -0.983. The van der Waals surface area contributed by atoms with E-state index in [-0.39, 0.29) is 13.2 Å². The number of carbonyl (C=O) groups excluding carboxylic acids is 2. The average molecular weight is 401 g/mol. The van der Waals surface area contributed by atoms with Crippen LogP contribution in [0.15, 0.2) is 42.5 Å². The molecule has 0 aliphatic carbocycles. The molecule has 8 heteroatoms. The van der Waals surface area contributed by atoms with Crippen molar-refractivity contribution < 1.29 is 33.3 Å². The second kappa shape index (κ2) is 9.18. The number of para-hydroxylation sites is 2. The number of esters is 1. The number of methoxy groups -OCH3 is 2. The highest BCUT2D eigenvalue weighted by Gasteiger charge is 2.31. The summed E-state index contributed by atoms with van der Waals surface area (Å²) in [7, 11) is 3.09. The van der Waals surface area contributed by atoms with Crippen LogP contribution in [0, 0.1) is 0 Å². The first-order valence-corrected chi connectivity index (χ1v) is 9.09. The Kier molecular flexibility index (Phi) is 6.43. The number of nitrogens with one attached hydrogen (secondary N) is 1. The van der Waals surface area contributed by atoms with Gasteiger partial charge in [-0.05, 0) is 36.8 Å². The largest absolute Gasteiger partial charge is 0.493 e. The monoisotopic (exact) mass is 401 g/mol. The van der Waals surface area contributed by atoms with Crippen LogP contribution in [-0.2, 0) is 20.9 Å². The molecule has 1 heterocycles. The number of hydrogen-bond donors (Lipinski definition) is 1. The number of rotatable bonds is 7. The van der Waals surface area contributed by atoms with E-state index in [1.165, 1.54) is 14.0 Å². The Morgan fingerprint density at radius 1 is 1.10 bits per heavy atom. The van der Waals surface area contributed by atoms with Gasteiger partial charge in [0.25, 0.3) is 5.91 Å². The Morgan fingerprint density at radius 3 is 2.55 bits per heavy atom. The van der Waals surface area contributed by atoms with E-state index < -0.39 is 24.1 Å². The van der Waals surface area contributed by atoms with E-state index in [1.807, 2.05) is 12.1 Å². The molecule has 0 saturated carbocycles. The normalized spacial score (nSPS) is 15.8. The lowest BCUT2D eigenvalue weighted by atomic mass is 10.2. The Morgan fingerprint density at radius 2 is 1.83 bits per heavy atom. The average Bonchev–Trinajstić information content (AvgIpc) is 2.76. The fourth-order valence-corrected chi connectivity index (χ4v) is 2.76. The van der Waals surface area contributed by atoms with Gasteiger partial charge in [-0.25, -0.2) is 4.79 Å². The number of fused-ring (bicyclic) bond motifs is 1. The van der Waals surface area contributed by atoms with Gasteiger partial charge in [0.15, 0.2) is 29.1 Å². The third kappa shape index (κ3) is 4.90. The number of carbonyl (C=O) groups is 2. The zero-order chi connectivity index (χ0) is 20.8. The van der Waals surface area contributed by atoms with Crippen LogP contribution in [0.25, 0.3) is 0 Å². The van der Waals surface area contributed by atoms with E-state index in [0.717, 1.165) is 5.56 Å². The highest BCUT2D eigenvalue weighted by molar-refractivity contribution is 5.84. The van der Waals surface area contributed by atoms with Crippen molar-refractivity contribution in [1.29, 1.82) is 0 Å². The number of hydrogen-bond acceptors (Lipinski definition) is 7. The maximum Gasteiger partial charge on any atom is 0.351 e. The minimum absolute atomic E-state index is 0.0236. The maximum absolute atomic E-state index is 12.3. The van der Waals surface area contributed by atoms with Crippen LogP contribution in [0.2, 0.25) is 0 Å². The maximum atomic E-state index is 12.3. The predicted octanol–water partition coefficient (Wildman–Crippen LogP) is 2.09. The van der Waals surface area contributed by atoms with Gasteiger partial charge in [-0.2, -0.15) is 0 Å². The van der Waals surface area contributed by atoms with E-state index >= 15 is 0 Å². The summed E-state index contributed by atoms with van der Waals surface area (Å²) in [6, 6.07) is 12.4. The van der Waals surface area contributed by atoms with E-state index in [1.54, 1.807) is 37.4 Å². The van der Waals surface area contributed by atoms with Gasteiger partial charge >= 0.3 is 5.97 Å². The smallest absolute Gasteiger partial charge is 0.351 e. The molecule has 1 amide bonds. The van der Waals surface area contributed by atoms with Crippen LogP contribution in [0.1, 0.15) is 12.5 Å². The van der Waals surface area contributed by atoms with Crippen molar-refractivity contribution in [2.75, 3.05) is 20.8 Å². The molecule has 2 atom stereocenters. The second-order valence-corrected chi connectivity index (χ2v) is 6.35. The van der Waals surface area contributed by atoms with Crippen LogP contribution in [-0.4, -0.2) is 44.9 Å². The topological polar surface area (TPSA) is 92.3 Å². The lowest BCUT2D eigenvalue weighted by molar-refractivity contribution is -0.163. The van der Waals surface area contributed by atoms with Crippen molar-refractivity contribution in [3.05, 3.63) is 48.0 Å². The molecular weight excluding hydrogens is 378 g/mol. The van der Waals surface area contributed by atoms with Crippen LogP contribution >= 0.6 is 0 Å². The summed E-state index contributed by atoms with van der Waals surface area (Å²) < 4.78 is 26.8. The molecule has 0 saturated heterocycles. The molecule has 0 bridgehead atoms. The van der Waals surface area contributed by atoms with E-state index in [4.69, 9.17) is 23.7 Å². The molecule has 0 spiro atoms. The molecule has 1 aliphatic rings. The van der Waals surface area contributed by atoms with Crippen LogP contribution in [0.4, 0.5) is 0 Å². The molecule has 2 aromatic rings. The van der Waals surface area contributed by atoms with Gasteiger partial charge in [0.2, 0.25) is 6.10 Å². The first-order chi connectivity index (χ1) is 14.0. The van der Waals surface area contributed by atoms with E-state index in [0.29, 0.717) is 23.0 Å². The lowest BCUT2D eigenvalue weighted by Gasteiger charge is -2.25. The molecule has 2 aromatic carbocycles. The summed E-state index contributed by atoms with van der Waals surface area (Å²) in [6.45, 7) is 1.77. The Bertz CT molecular complexity index is 883. The fourth-order valence-electron chi connectivity index (χ4n) is 2.76. The fraction of sp³-hybridized carbons (Fsp3) is 0.333. The number of ether oxygens (including phenoxy) is 5. The summed E-state index contributed by atoms with van der Waals surface area (Å²) in [5.41, 5.74) is 0.815. The SMILES string of the molecule is COc1ccc(CNC(=O)[C@H](C)OC(=O)[C@H]2COc3ccccc3O2)cc1OC. The van der Waals surface area contributed by atoms with Crippen molar-refractivity contribution in [1.82, 2.24) is 5.32 Å². The van der Waals surface area contributed by atoms with Gasteiger partial charge in [-0.3, -0.25) is 4.79 Å². The van der Waals surface area contributed by atoms with Gasteiger partial charge in [-0.1, -0.05) is 18.2 Å². The molecule has 0 unspecified atom stereocenters. The van der Waals surface area contributed by atoms with Crippen molar-refractivity contribution in [3.8, 4) is 23.0 Å². The molecular formula is C21H23NO7. The first-order valence-electron chi connectivity index (χ1n) is 9.09. The first kappa shape index (κ1) is 20.3. The molecule has 1 aliphatic heterocycles. The van der Waals surface area contributed by atoms with Crippen molar-refractivity contribution in [2.24, 2.45) is 0 Å². The van der Waals surface area contributed by atoms with Crippen molar-refractivity contribution in [3.63, 3.8) is 0 Å². The van der Waals surface area contributed by atoms with Gasteiger partial charge in [0.1, 0.15) is 6.61 Å². The summed E-state index contributed by atoms with van der Waals surface area (Å²) in [6.07, 6.45) is -1.91. The molecule has 0 fully saturated rings. The predicted molar refractivity (Wildman–Crippen MR) is 103 cm³/mol. The standard InChI is InChI=1S/C21H23NO7/c1-13(20(23)22-11-14-8-9-15(25-2)18(10-14)26-3)28-21(24)19-12-27-16-6-4-5-7-17(16)29-19/h4-10,13,19H,11-12H2,1-3H3,(H,22,23)/t13-,19+/m0/s1. The zero-order valence-corrected chi connectivity index (χ0v) is 16.5. The Balaban J connectivity index is 1.51. The van der Waals surface area contributed by atoms with Crippen LogP contribution in [0.5, 0.6) is 23.0 Å². The zero-order valence-electron chi connectivity index (χ0n) is 16.5. The number of amides is 1. The molecule has 3 rings (SSSR count). The molecule has 0 radical (unpaired) electrons. The highest BCUT2D eigenvalue weighted by Crippen LogP contribution is 2.31. The minimum Gasteiger partial charge on any atom is -0.493 e. The van der Waals surface area contributed by atoms with E-state index in [9.17, 15) is 9.59 Å². The molecule has 154 valence electrons. The van der Waals surface area contributed by atoms with Crippen LogP contribution in [0.3, 0.4) is 0 Å². The van der Waals surface area contributed by atoms with Gasteiger partial charge in [0.05, 0.1) is 14.2 Å². The molecule has 29 heavy (non-hydrogen) atoms. The van der Waals surface area contributed by atoms with Gasteiger partial charge in [-0.15, -0.1) is 0 Å². The molecule has 1 N–H and O–H groups in total. The molecule has 8 nitrogen and oxygen atoms in total. The third-order valence-corrected chi connectivity index (χ3v) is 4.35. The quantitative estimate of drug-likeness (QED) is 0.710.